The van der Waals surface area contributed by atoms with Crippen molar-refractivity contribution in [2.75, 3.05) is 19.8 Å². The van der Waals surface area contributed by atoms with Crippen LogP contribution in [-0.4, -0.2) is 136 Å². The molecule has 1 fully saturated rings. The molecule has 3 unspecified atom stereocenters. The third-order valence-electron chi connectivity index (χ3n) is 15.5. The zero-order valence-corrected chi connectivity index (χ0v) is 54.4. The highest BCUT2D eigenvalue weighted by Gasteiger charge is 2.52. The van der Waals surface area contributed by atoms with Gasteiger partial charge in [0.15, 0.2) is 0 Å². The highest BCUT2D eigenvalue weighted by molar-refractivity contribution is 5.93. The van der Waals surface area contributed by atoms with Crippen LogP contribution < -0.4 is 11.1 Å². The highest BCUT2D eigenvalue weighted by atomic mass is 16.8. The van der Waals surface area contributed by atoms with E-state index in [1.54, 1.807) is 47.9 Å². The quantitative estimate of drug-likeness (QED) is 0.0842. The number of benzene rings is 3. The Morgan fingerprint density at radius 3 is 1.33 bits per heavy atom. The second kappa shape index (κ2) is 27.1. The minimum atomic E-state index is -1.06. The first-order valence-corrected chi connectivity index (χ1v) is 30.6. The number of nitrogens with one attached hydrogen (secondary N) is 2. The van der Waals surface area contributed by atoms with E-state index in [0.717, 1.165) is 72.8 Å². The third-order valence-corrected chi connectivity index (χ3v) is 15.5. The SMILES string of the molecule is CC(C)(C)OC(=O)N1C(=N)OCC12CCc1c(cccc1-c1cncnc1)C2.CC(C)(C)OC(=O)NC1=NC2(CCc3c(cccc3-c3cncnc3)C2)CO1.CC(C)(C)OC(=O)OC(=O)OC(C)(C)C.NC1=NC2(CCc3c(cccc3-c3cncnc3)C2)CO1. The Labute approximate surface area is 536 Å². The average Bonchev–Trinajstić information content (AvgIpc) is 1.48. The molecule has 3 spiro atoms. The first kappa shape index (κ1) is 66.8. The number of nitrogens with zero attached hydrogens (tertiary/aromatic N) is 9. The zero-order valence-electron chi connectivity index (χ0n) is 54.4. The Morgan fingerprint density at radius 1 is 0.511 bits per heavy atom. The summed E-state index contributed by atoms with van der Waals surface area (Å²) in [5.41, 5.74) is 16.2. The van der Waals surface area contributed by atoms with Crippen molar-refractivity contribution in [3.8, 4) is 33.4 Å². The minimum absolute atomic E-state index is 0.134. The van der Waals surface area contributed by atoms with Gasteiger partial charge in [-0.15, -0.1) is 0 Å². The summed E-state index contributed by atoms with van der Waals surface area (Å²) >= 11 is 0. The Kier molecular flexibility index (Phi) is 19.7. The van der Waals surface area contributed by atoms with Crippen molar-refractivity contribution < 1.29 is 57.1 Å². The highest BCUT2D eigenvalue weighted by Crippen LogP contribution is 2.43. The first-order valence-electron chi connectivity index (χ1n) is 30.6. The molecule has 3 aliphatic carbocycles. The van der Waals surface area contributed by atoms with Crippen molar-refractivity contribution in [1.29, 1.82) is 5.41 Å². The number of hydrogen-bond acceptors (Lipinski definition) is 22. The monoisotopic (exact) mass is 1260 g/mol. The molecule has 486 valence electrons. The van der Waals surface area contributed by atoms with Gasteiger partial charge in [-0.2, -0.15) is 0 Å². The summed E-state index contributed by atoms with van der Waals surface area (Å²) in [5, 5.41) is 10.8. The third kappa shape index (κ3) is 17.2. The molecule has 2 amide bonds. The lowest BCUT2D eigenvalue weighted by Crippen LogP contribution is -2.55. The van der Waals surface area contributed by atoms with Crippen LogP contribution in [-0.2, 0) is 76.4 Å². The molecule has 6 aliphatic rings. The van der Waals surface area contributed by atoms with Gasteiger partial charge in [-0.3, -0.25) is 5.41 Å². The van der Waals surface area contributed by atoms with E-state index in [0.29, 0.717) is 38.7 Å². The number of nitrogens with two attached hydrogens (primary N) is 1. The summed E-state index contributed by atoms with van der Waals surface area (Å²) in [6, 6.07) is 19.3. The molecule has 0 bridgehead atoms. The summed E-state index contributed by atoms with van der Waals surface area (Å²) in [7, 11) is 0. The van der Waals surface area contributed by atoms with Crippen molar-refractivity contribution in [2.24, 2.45) is 15.7 Å². The Morgan fingerprint density at radius 2 is 0.913 bits per heavy atom. The molecular formula is C68H82N12O12. The van der Waals surface area contributed by atoms with Crippen LogP contribution in [0.25, 0.3) is 33.4 Å². The fraction of sp³-hybridized carbons (Fsp3) is 0.456. The van der Waals surface area contributed by atoms with Crippen LogP contribution in [0, 0.1) is 5.41 Å². The predicted octanol–water partition coefficient (Wildman–Crippen LogP) is 11.4. The number of amides is 2. The van der Waals surface area contributed by atoms with Crippen LogP contribution in [0.15, 0.2) is 121 Å². The van der Waals surface area contributed by atoms with Gasteiger partial charge in [-0.1, -0.05) is 54.6 Å². The number of rotatable bonds is 3. The summed E-state index contributed by atoms with van der Waals surface area (Å²) in [6.45, 7) is 22.3. The fourth-order valence-electron chi connectivity index (χ4n) is 11.8. The van der Waals surface area contributed by atoms with Gasteiger partial charge in [-0.05, 0) is 172 Å². The van der Waals surface area contributed by atoms with Crippen LogP contribution >= 0.6 is 0 Å². The number of ether oxygens (including phenoxy) is 8. The molecule has 4 N–H and O–H groups in total. The largest absolute Gasteiger partial charge is 0.519 e. The van der Waals surface area contributed by atoms with E-state index in [-0.39, 0.29) is 23.1 Å². The van der Waals surface area contributed by atoms with Gasteiger partial charge < -0.3 is 43.6 Å². The smallest absolute Gasteiger partial charge is 0.463 e. The van der Waals surface area contributed by atoms with Crippen molar-refractivity contribution in [3.05, 3.63) is 144 Å². The molecular weight excluding hydrogens is 1180 g/mol. The van der Waals surface area contributed by atoms with Crippen molar-refractivity contribution in [1.82, 2.24) is 40.1 Å². The van der Waals surface area contributed by atoms with Crippen LogP contribution in [0.4, 0.5) is 19.2 Å². The van der Waals surface area contributed by atoms with Crippen LogP contribution in [0.5, 0.6) is 0 Å². The van der Waals surface area contributed by atoms with E-state index < -0.39 is 52.4 Å². The van der Waals surface area contributed by atoms with Gasteiger partial charge in [0.1, 0.15) is 72.3 Å². The molecule has 24 heteroatoms. The van der Waals surface area contributed by atoms with Gasteiger partial charge in [0, 0.05) is 73.1 Å². The van der Waals surface area contributed by atoms with Gasteiger partial charge in [-0.25, -0.2) is 69.3 Å². The van der Waals surface area contributed by atoms with Gasteiger partial charge in [0.25, 0.3) is 18.1 Å². The second-order valence-electron chi connectivity index (χ2n) is 27.4. The van der Waals surface area contributed by atoms with Crippen LogP contribution in [0.2, 0.25) is 0 Å². The number of aliphatic imine (C=N–C) groups is 2. The molecule has 0 saturated carbocycles. The molecule has 92 heavy (non-hydrogen) atoms. The molecule has 6 aromatic rings. The maximum absolute atomic E-state index is 12.8. The zero-order chi connectivity index (χ0) is 66.3. The summed E-state index contributed by atoms with van der Waals surface area (Å²) in [4.78, 5) is 82.2. The normalized spacial score (nSPS) is 20.2. The molecule has 12 rings (SSSR count). The van der Waals surface area contributed by atoms with E-state index in [2.05, 4.69) is 93.5 Å². The number of aromatic nitrogens is 6. The molecule has 0 radical (unpaired) electrons. The van der Waals surface area contributed by atoms with E-state index in [1.165, 1.54) is 56.5 Å². The predicted molar refractivity (Wildman–Crippen MR) is 342 cm³/mol. The summed E-state index contributed by atoms with van der Waals surface area (Å²) in [6.07, 6.45) is 19.9. The number of carbonyl (C=O) groups is 4. The lowest BCUT2D eigenvalue weighted by Gasteiger charge is -2.39. The van der Waals surface area contributed by atoms with Gasteiger partial charge in [0.05, 0.1) is 5.54 Å². The number of amidine groups is 3. The lowest BCUT2D eigenvalue weighted by molar-refractivity contribution is -0.0295. The van der Waals surface area contributed by atoms with E-state index in [4.69, 9.17) is 49.3 Å². The summed E-state index contributed by atoms with van der Waals surface area (Å²) in [5.74, 6) is 0. The minimum Gasteiger partial charge on any atom is -0.463 e. The standard InChI is InChI=1S/2C21H24N4O3.C16H16N4O.C10H18O5/c1-20(2,3)28-19(26)25-18(22)27-12-21(25)8-7-17-14(9-21)5-4-6-16(17)15-10-23-13-24-11-15;1-20(2,3)28-19(26)24-18-25-21(12-27-18)8-7-17-14(9-21)5-4-6-16(17)15-10-22-13-23-11-15;17-15-20-16(9-21-15)5-4-14-11(6-16)2-1-3-13(14)12-7-18-10-19-8-12;1-9(2,3)14-7(11)13-8(12)15-10(4,5)6/h4-6,10-11,13,22H,7-9,12H2,1-3H3;4-6,10-11,13H,7-9,12H2,1-3H3,(H,24,25,26);1-3,7-8,10H,4-6,9H2,(H2,17,20);1-6H3. The lowest BCUT2D eigenvalue weighted by atomic mass is 9.76. The Hall–Kier alpha value is -9.61. The molecule has 3 atom stereocenters. The molecule has 1 saturated heterocycles. The van der Waals surface area contributed by atoms with Crippen molar-refractivity contribution in [2.45, 2.75) is 180 Å². The molecule has 3 aliphatic heterocycles. The van der Waals surface area contributed by atoms with Crippen LogP contribution in [0.3, 0.4) is 0 Å². The molecule has 3 aromatic carbocycles. The van der Waals surface area contributed by atoms with Gasteiger partial charge >= 0.3 is 24.5 Å². The van der Waals surface area contributed by atoms with Crippen molar-refractivity contribution in [3.63, 3.8) is 0 Å². The van der Waals surface area contributed by atoms with Crippen molar-refractivity contribution >= 4 is 42.6 Å². The maximum atomic E-state index is 12.8. The van der Waals surface area contributed by atoms with E-state index in [1.807, 2.05) is 84.8 Å². The summed E-state index contributed by atoms with van der Waals surface area (Å²) < 4.78 is 41.2. The Bertz CT molecular complexity index is 3710. The molecule has 3 aromatic heterocycles. The maximum Gasteiger partial charge on any atom is 0.519 e. The van der Waals surface area contributed by atoms with E-state index >= 15 is 0 Å². The molecule has 6 heterocycles. The average molecular weight is 1260 g/mol. The number of carbonyl (C=O) groups excluding carboxylic acids is 4. The fourth-order valence-corrected chi connectivity index (χ4v) is 11.8. The first-order chi connectivity index (χ1) is 43.4. The van der Waals surface area contributed by atoms with Gasteiger partial charge in [0.2, 0.25) is 0 Å². The van der Waals surface area contributed by atoms with Crippen LogP contribution in [0.1, 0.15) is 136 Å². The molecule has 24 nitrogen and oxygen atoms in total. The topological polar surface area (TPSA) is 309 Å². The Balaban J connectivity index is 0.000000149. The number of fused-ring (bicyclic) bond motifs is 3. The van der Waals surface area contributed by atoms with E-state index in [9.17, 15) is 19.2 Å². The number of alkyl carbamates (subject to hydrolysis) is 1. The number of hydrogen-bond donors (Lipinski definition) is 3. The second-order valence-corrected chi connectivity index (χ2v) is 27.4.